The van der Waals surface area contributed by atoms with Gasteiger partial charge in [-0.25, -0.2) is 13.1 Å². The first kappa shape index (κ1) is 12.9. The second-order valence-electron chi connectivity index (χ2n) is 4.11. The van der Waals surface area contributed by atoms with E-state index in [1.165, 1.54) is 12.1 Å². The smallest absolute Gasteiger partial charge is 0.240 e. The summed E-state index contributed by atoms with van der Waals surface area (Å²) in [7, 11) is -3.49. The molecule has 6 heteroatoms. The Morgan fingerprint density at radius 1 is 1.61 bits per heavy atom. The molecule has 1 aromatic carbocycles. The molecule has 0 amide bonds. The Labute approximate surface area is 107 Å². The minimum absolute atomic E-state index is 0.0823. The SMILES string of the molecule is C=CCNS(=O)(=O)c1ccc2c(c1)NCC(C)O2. The van der Waals surface area contributed by atoms with E-state index in [2.05, 4.69) is 16.6 Å². The summed E-state index contributed by atoms with van der Waals surface area (Å²) in [6.45, 7) is 6.30. The molecule has 1 heterocycles. The zero-order valence-corrected chi connectivity index (χ0v) is 11.0. The van der Waals surface area contributed by atoms with Crippen LogP contribution < -0.4 is 14.8 Å². The summed E-state index contributed by atoms with van der Waals surface area (Å²) >= 11 is 0. The Bertz CT molecular complexity index is 554. The Balaban J connectivity index is 2.29. The van der Waals surface area contributed by atoms with Gasteiger partial charge in [0.05, 0.1) is 17.1 Å². The number of ether oxygens (including phenoxy) is 1. The van der Waals surface area contributed by atoms with Gasteiger partial charge in [0.1, 0.15) is 11.9 Å². The van der Waals surface area contributed by atoms with Crippen molar-refractivity contribution < 1.29 is 13.2 Å². The van der Waals surface area contributed by atoms with Gasteiger partial charge in [0.25, 0.3) is 0 Å². The van der Waals surface area contributed by atoms with Gasteiger partial charge in [0, 0.05) is 6.54 Å². The van der Waals surface area contributed by atoms with Crippen LogP contribution >= 0.6 is 0 Å². The zero-order chi connectivity index (χ0) is 13.2. The van der Waals surface area contributed by atoms with Crippen LogP contribution in [-0.2, 0) is 10.0 Å². The van der Waals surface area contributed by atoms with Crippen LogP contribution in [0, 0.1) is 0 Å². The summed E-state index contributed by atoms with van der Waals surface area (Å²) in [5, 5.41) is 3.14. The first-order valence-corrected chi connectivity index (χ1v) is 7.16. The van der Waals surface area contributed by atoms with E-state index >= 15 is 0 Å². The van der Waals surface area contributed by atoms with Crippen LogP contribution in [0.1, 0.15) is 6.92 Å². The summed E-state index contributed by atoms with van der Waals surface area (Å²) in [5.74, 6) is 0.677. The normalized spacial score (nSPS) is 18.4. The third kappa shape index (κ3) is 2.65. The second kappa shape index (κ2) is 4.99. The highest BCUT2D eigenvalue weighted by molar-refractivity contribution is 7.89. The minimum Gasteiger partial charge on any atom is -0.487 e. The van der Waals surface area contributed by atoms with Crippen molar-refractivity contribution in [2.24, 2.45) is 0 Å². The first-order chi connectivity index (χ1) is 8.53. The molecule has 0 fully saturated rings. The molecule has 0 saturated carbocycles. The van der Waals surface area contributed by atoms with Gasteiger partial charge in [-0.2, -0.15) is 0 Å². The van der Waals surface area contributed by atoms with Crippen LogP contribution in [0.2, 0.25) is 0 Å². The van der Waals surface area contributed by atoms with Gasteiger partial charge in [0.15, 0.2) is 0 Å². The van der Waals surface area contributed by atoms with E-state index in [0.717, 1.165) is 0 Å². The van der Waals surface area contributed by atoms with Crippen molar-refractivity contribution in [3.8, 4) is 5.75 Å². The molecule has 1 aromatic rings. The lowest BCUT2D eigenvalue weighted by atomic mass is 10.2. The average molecular weight is 268 g/mol. The van der Waals surface area contributed by atoms with Crippen molar-refractivity contribution in [3.63, 3.8) is 0 Å². The summed E-state index contributed by atoms with van der Waals surface area (Å²) in [6.07, 6.45) is 1.58. The first-order valence-electron chi connectivity index (χ1n) is 5.68. The van der Waals surface area contributed by atoms with Gasteiger partial charge in [-0.1, -0.05) is 6.08 Å². The second-order valence-corrected chi connectivity index (χ2v) is 5.87. The maximum atomic E-state index is 11.9. The van der Waals surface area contributed by atoms with E-state index in [9.17, 15) is 8.42 Å². The fourth-order valence-corrected chi connectivity index (χ4v) is 2.71. The van der Waals surface area contributed by atoms with Crippen molar-refractivity contribution in [2.45, 2.75) is 17.9 Å². The van der Waals surface area contributed by atoms with Gasteiger partial charge < -0.3 is 10.1 Å². The minimum atomic E-state index is -3.49. The lowest BCUT2D eigenvalue weighted by Crippen LogP contribution is -2.28. The summed E-state index contributed by atoms with van der Waals surface area (Å²) < 4.78 is 31.8. The van der Waals surface area contributed by atoms with Crippen molar-refractivity contribution in [2.75, 3.05) is 18.4 Å². The topological polar surface area (TPSA) is 67.4 Å². The van der Waals surface area contributed by atoms with Crippen molar-refractivity contribution >= 4 is 15.7 Å². The van der Waals surface area contributed by atoms with E-state index < -0.39 is 10.0 Å². The summed E-state index contributed by atoms with van der Waals surface area (Å²) in [5.41, 5.74) is 0.703. The van der Waals surface area contributed by atoms with E-state index in [1.54, 1.807) is 12.1 Å². The van der Waals surface area contributed by atoms with Crippen LogP contribution in [0.15, 0.2) is 35.7 Å². The Hall–Kier alpha value is -1.53. The molecule has 0 aliphatic carbocycles. The average Bonchev–Trinajstić information content (AvgIpc) is 2.35. The van der Waals surface area contributed by atoms with Crippen LogP contribution in [0.5, 0.6) is 5.75 Å². The summed E-state index contributed by atoms with van der Waals surface area (Å²) in [4.78, 5) is 0.216. The van der Waals surface area contributed by atoms with E-state index in [4.69, 9.17) is 4.74 Å². The van der Waals surface area contributed by atoms with Gasteiger partial charge in [-0.15, -0.1) is 6.58 Å². The Morgan fingerprint density at radius 3 is 3.11 bits per heavy atom. The number of benzene rings is 1. The number of fused-ring (bicyclic) bond motifs is 1. The molecular formula is C12H16N2O3S. The van der Waals surface area contributed by atoms with Crippen LogP contribution in [-0.4, -0.2) is 27.6 Å². The molecule has 0 radical (unpaired) electrons. The predicted octanol–water partition coefficient (Wildman–Crippen LogP) is 1.34. The molecule has 98 valence electrons. The van der Waals surface area contributed by atoms with E-state index in [0.29, 0.717) is 18.0 Å². The van der Waals surface area contributed by atoms with Crippen molar-refractivity contribution in [1.82, 2.24) is 4.72 Å². The molecule has 2 rings (SSSR count). The molecule has 0 spiro atoms. The molecule has 18 heavy (non-hydrogen) atoms. The van der Waals surface area contributed by atoms with Gasteiger partial charge >= 0.3 is 0 Å². The molecule has 1 aliphatic rings. The van der Waals surface area contributed by atoms with Crippen LogP contribution in [0.3, 0.4) is 0 Å². The largest absolute Gasteiger partial charge is 0.487 e. The molecule has 1 aliphatic heterocycles. The summed E-state index contributed by atoms with van der Waals surface area (Å²) in [6, 6.07) is 4.77. The van der Waals surface area contributed by atoms with Gasteiger partial charge in [-0.3, -0.25) is 0 Å². The number of hydrogen-bond acceptors (Lipinski definition) is 4. The molecule has 2 N–H and O–H groups in total. The number of hydrogen-bond donors (Lipinski definition) is 2. The lowest BCUT2D eigenvalue weighted by molar-refractivity contribution is 0.226. The highest BCUT2D eigenvalue weighted by Gasteiger charge is 2.19. The maximum Gasteiger partial charge on any atom is 0.240 e. The van der Waals surface area contributed by atoms with Crippen LogP contribution in [0.4, 0.5) is 5.69 Å². The van der Waals surface area contributed by atoms with Gasteiger partial charge in [0.2, 0.25) is 10.0 Å². The zero-order valence-electron chi connectivity index (χ0n) is 10.1. The van der Waals surface area contributed by atoms with Crippen molar-refractivity contribution in [3.05, 3.63) is 30.9 Å². The number of rotatable bonds is 4. The molecule has 5 nitrogen and oxygen atoms in total. The monoisotopic (exact) mass is 268 g/mol. The Kier molecular flexibility index (Phi) is 3.58. The van der Waals surface area contributed by atoms with E-state index in [-0.39, 0.29) is 17.5 Å². The third-order valence-electron chi connectivity index (χ3n) is 2.59. The van der Waals surface area contributed by atoms with E-state index in [1.807, 2.05) is 6.92 Å². The third-order valence-corrected chi connectivity index (χ3v) is 4.01. The fourth-order valence-electron chi connectivity index (χ4n) is 1.68. The molecule has 1 unspecified atom stereocenters. The van der Waals surface area contributed by atoms with Crippen molar-refractivity contribution in [1.29, 1.82) is 0 Å². The molecule has 0 saturated heterocycles. The van der Waals surface area contributed by atoms with Crippen LogP contribution in [0.25, 0.3) is 0 Å². The lowest BCUT2D eigenvalue weighted by Gasteiger charge is -2.25. The molecule has 0 bridgehead atoms. The number of anilines is 1. The quantitative estimate of drug-likeness (QED) is 0.809. The number of sulfonamides is 1. The standard InChI is InChI=1S/C12H16N2O3S/c1-3-6-14-18(15,16)10-4-5-12-11(7-10)13-8-9(2)17-12/h3-5,7,9,13-14H,1,6,8H2,2H3. The number of nitrogens with one attached hydrogen (secondary N) is 2. The predicted molar refractivity (Wildman–Crippen MR) is 70.4 cm³/mol. The maximum absolute atomic E-state index is 11.9. The highest BCUT2D eigenvalue weighted by Crippen LogP contribution is 2.31. The molecule has 0 aromatic heterocycles. The molecular weight excluding hydrogens is 252 g/mol. The fraction of sp³-hybridized carbons (Fsp3) is 0.333. The van der Waals surface area contributed by atoms with Gasteiger partial charge in [-0.05, 0) is 25.1 Å². The highest BCUT2D eigenvalue weighted by atomic mass is 32.2. The molecule has 1 atom stereocenters. The Morgan fingerprint density at radius 2 is 2.39 bits per heavy atom.